The van der Waals surface area contributed by atoms with Crippen LogP contribution in [0.5, 0.6) is 0 Å². The third kappa shape index (κ3) is 2.96. The standard InChI is InChI=1S/C14H22N2O3S/c17-12(7-9-3-5-15-6-4-9)16-11(14(18)19)8-20-13(16)10-1-2-10/h9-11,13,15H,1-8H2,(H,18,19). The second kappa shape index (κ2) is 5.93. The molecule has 0 radical (unpaired) electrons. The predicted molar refractivity (Wildman–Crippen MR) is 77.5 cm³/mol. The summed E-state index contributed by atoms with van der Waals surface area (Å²) in [6.45, 7) is 1.95. The Labute approximate surface area is 123 Å². The maximum absolute atomic E-state index is 12.6. The molecular weight excluding hydrogens is 276 g/mol. The van der Waals surface area contributed by atoms with Crippen molar-refractivity contribution in [3.63, 3.8) is 0 Å². The van der Waals surface area contributed by atoms with Gasteiger partial charge in [-0.2, -0.15) is 0 Å². The maximum Gasteiger partial charge on any atom is 0.327 e. The number of thioether (sulfide) groups is 1. The summed E-state index contributed by atoms with van der Waals surface area (Å²) in [5, 5.41) is 12.8. The van der Waals surface area contributed by atoms with Crippen LogP contribution in [-0.4, -0.2) is 52.1 Å². The lowest BCUT2D eigenvalue weighted by Crippen LogP contribution is -2.47. The summed E-state index contributed by atoms with van der Waals surface area (Å²) in [5.74, 6) is 0.713. The molecule has 0 bridgehead atoms. The normalized spacial score (nSPS) is 31.5. The average molecular weight is 298 g/mol. The predicted octanol–water partition coefficient (Wildman–Crippen LogP) is 1.14. The molecule has 2 N–H and O–H groups in total. The zero-order valence-corrected chi connectivity index (χ0v) is 12.4. The van der Waals surface area contributed by atoms with E-state index in [1.165, 1.54) is 0 Å². The maximum atomic E-state index is 12.6. The highest BCUT2D eigenvalue weighted by Crippen LogP contribution is 2.45. The summed E-state index contributed by atoms with van der Waals surface area (Å²) in [7, 11) is 0. The SMILES string of the molecule is O=C(O)C1CSC(C2CC2)N1C(=O)CC1CCNCC1. The summed E-state index contributed by atoms with van der Waals surface area (Å²) < 4.78 is 0. The van der Waals surface area contributed by atoms with Gasteiger partial charge < -0.3 is 15.3 Å². The van der Waals surface area contributed by atoms with Crippen LogP contribution in [0.15, 0.2) is 0 Å². The first-order valence-corrected chi connectivity index (χ1v) is 8.58. The third-order valence-electron chi connectivity index (χ3n) is 4.56. The van der Waals surface area contributed by atoms with Gasteiger partial charge in [-0.05, 0) is 50.6 Å². The van der Waals surface area contributed by atoms with Crippen LogP contribution in [0.2, 0.25) is 0 Å². The van der Waals surface area contributed by atoms with Crippen LogP contribution in [0.25, 0.3) is 0 Å². The Kier molecular flexibility index (Phi) is 4.21. The smallest absolute Gasteiger partial charge is 0.327 e. The van der Waals surface area contributed by atoms with E-state index in [9.17, 15) is 14.7 Å². The van der Waals surface area contributed by atoms with Gasteiger partial charge >= 0.3 is 5.97 Å². The summed E-state index contributed by atoms with van der Waals surface area (Å²) >= 11 is 1.66. The van der Waals surface area contributed by atoms with Gasteiger partial charge in [-0.15, -0.1) is 11.8 Å². The molecule has 0 spiro atoms. The van der Waals surface area contributed by atoms with E-state index in [1.54, 1.807) is 16.7 Å². The molecule has 3 rings (SSSR count). The van der Waals surface area contributed by atoms with Crippen LogP contribution < -0.4 is 5.32 Å². The average Bonchev–Trinajstić information content (AvgIpc) is 3.17. The molecule has 6 heteroatoms. The highest BCUT2D eigenvalue weighted by Gasteiger charge is 2.48. The number of nitrogens with zero attached hydrogens (tertiary/aromatic N) is 1. The summed E-state index contributed by atoms with van der Waals surface area (Å²) in [5.41, 5.74) is 0. The van der Waals surface area contributed by atoms with Gasteiger partial charge in [-0.3, -0.25) is 4.79 Å². The quantitative estimate of drug-likeness (QED) is 0.814. The van der Waals surface area contributed by atoms with Gasteiger partial charge in [0.25, 0.3) is 0 Å². The van der Waals surface area contributed by atoms with Crippen LogP contribution >= 0.6 is 11.8 Å². The first-order valence-electron chi connectivity index (χ1n) is 7.53. The topological polar surface area (TPSA) is 69.6 Å². The first-order chi connectivity index (χ1) is 9.66. The van der Waals surface area contributed by atoms with E-state index in [0.29, 0.717) is 24.0 Å². The molecule has 3 aliphatic rings. The molecule has 2 aliphatic heterocycles. The van der Waals surface area contributed by atoms with E-state index in [4.69, 9.17) is 0 Å². The van der Waals surface area contributed by atoms with Gasteiger partial charge in [-0.1, -0.05) is 0 Å². The number of amides is 1. The molecule has 0 aromatic rings. The lowest BCUT2D eigenvalue weighted by atomic mass is 9.94. The fourth-order valence-electron chi connectivity index (χ4n) is 3.22. The number of rotatable bonds is 4. The number of nitrogens with one attached hydrogen (secondary N) is 1. The number of carboxylic acids is 1. The number of carboxylic acid groups (broad SMARTS) is 1. The Hall–Kier alpha value is -0.750. The third-order valence-corrected chi connectivity index (χ3v) is 6.02. The van der Waals surface area contributed by atoms with Gasteiger partial charge in [0.15, 0.2) is 0 Å². The Morgan fingerprint density at radius 2 is 1.90 bits per heavy atom. The van der Waals surface area contributed by atoms with Crippen LogP contribution in [0.3, 0.4) is 0 Å². The van der Waals surface area contributed by atoms with Crippen LogP contribution in [0.4, 0.5) is 0 Å². The van der Waals surface area contributed by atoms with E-state index in [-0.39, 0.29) is 11.3 Å². The molecule has 2 atom stereocenters. The zero-order valence-electron chi connectivity index (χ0n) is 11.6. The van der Waals surface area contributed by atoms with E-state index < -0.39 is 12.0 Å². The minimum Gasteiger partial charge on any atom is -0.480 e. The van der Waals surface area contributed by atoms with Crippen LogP contribution in [0.1, 0.15) is 32.1 Å². The Bertz CT molecular complexity index is 394. The molecule has 2 saturated heterocycles. The molecule has 2 heterocycles. The van der Waals surface area contributed by atoms with Gasteiger partial charge in [0, 0.05) is 12.2 Å². The van der Waals surface area contributed by atoms with Crippen molar-refractivity contribution in [1.29, 1.82) is 0 Å². The van der Waals surface area contributed by atoms with Crippen molar-refractivity contribution < 1.29 is 14.7 Å². The van der Waals surface area contributed by atoms with Gasteiger partial charge in [0.05, 0.1) is 5.37 Å². The minimum absolute atomic E-state index is 0.0613. The summed E-state index contributed by atoms with van der Waals surface area (Å²) in [4.78, 5) is 25.7. The molecule has 1 aliphatic carbocycles. The van der Waals surface area contributed by atoms with Crippen LogP contribution in [-0.2, 0) is 9.59 Å². The van der Waals surface area contributed by atoms with Crippen molar-refractivity contribution >= 4 is 23.6 Å². The monoisotopic (exact) mass is 298 g/mol. The Balaban J connectivity index is 1.66. The summed E-state index contributed by atoms with van der Waals surface area (Å²) in [6, 6.07) is -0.611. The van der Waals surface area contributed by atoms with Gasteiger partial charge in [0.2, 0.25) is 5.91 Å². The molecule has 1 amide bonds. The number of aliphatic carboxylic acids is 1. The van der Waals surface area contributed by atoms with Gasteiger partial charge in [-0.25, -0.2) is 4.79 Å². The highest BCUT2D eigenvalue weighted by molar-refractivity contribution is 8.00. The first kappa shape index (κ1) is 14.2. The van der Waals surface area contributed by atoms with E-state index >= 15 is 0 Å². The number of hydrogen-bond acceptors (Lipinski definition) is 4. The van der Waals surface area contributed by atoms with Crippen molar-refractivity contribution in [2.24, 2.45) is 11.8 Å². The van der Waals surface area contributed by atoms with Crippen molar-refractivity contribution in [3.05, 3.63) is 0 Å². The molecule has 2 unspecified atom stereocenters. The van der Waals surface area contributed by atoms with E-state index in [1.807, 2.05) is 0 Å². The van der Waals surface area contributed by atoms with Crippen molar-refractivity contribution in [2.45, 2.75) is 43.5 Å². The molecule has 5 nitrogen and oxygen atoms in total. The molecular formula is C14H22N2O3S. The number of piperidine rings is 1. The fraction of sp³-hybridized carbons (Fsp3) is 0.857. The molecule has 0 aromatic heterocycles. The van der Waals surface area contributed by atoms with E-state index in [2.05, 4.69) is 5.32 Å². The molecule has 0 aromatic carbocycles. The van der Waals surface area contributed by atoms with Gasteiger partial charge in [0.1, 0.15) is 6.04 Å². The van der Waals surface area contributed by atoms with Crippen molar-refractivity contribution in [3.8, 4) is 0 Å². The Morgan fingerprint density at radius 3 is 2.50 bits per heavy atom. The van der Waals surface area contributed by atoms with Crippen molar-refractivity contribution in [1.82, 2.24) is 10.2 Å². The lowest BCUT2D eigenvalue weighted by molar-refractivity contribution is -0.149. The summed E-state index contributed by atoms with van der Waals surface area (Å²) in [6.07, 6.45) is 4.86. The number of carbonyl (C=O) groups is 2. The Morgan fingerprint density at radius 1 is 1.20 bits per heavy atom. The second-order valence-corrected chi connectivity index (χ2v) is 7.26. The number of carbonyl (C=O) groups excluding carboxylic acids is 1. The fourth-order valence-corrected chi connectivity index (χ4v) is 4.87. The zero-order chi connectivity index (χ0) is 14.1. The molecule has 1 saturated carbocycles. The van der Waals surface area contributed by atoms with Crippen LogP contribution in [0, 0.1) is 11.8 Å². The highest BCUT2D eigenvalue weighted by atomic mass is 32.2. The molecule has 20 heavy (non-hydrogen) atoms. The molecule has 3 fully saturated rings. The largest absolute Gasteiger partial charge is 0.480 e. The lowest BCUT2D eigenvalue weighted by Gasteiger charge is -2.30. The molecule has 112 valence electrons. The minimum atomic E-state index is -0.848. The van der Waals surface area contributed by atoms with Crippen molar-refractivity contribution in [2.75, 3.05) is 18.8 Å². The number of hydrogen-bond donors (Lipinski definition) is 2. The van der Waals surface area contributed by atoms with E-state index in [0.717, 1.165) is 38.8 Å². The second-order valence-electron chi connectivity index (χ2n) is 6.11.